The Morgan fingerprint density at radius 2 is 1.75 bits per heavy atom. The zero-order valence-electron chi connectivity index (χ0n) is 13.1. The van der Waals surface area contributed by atoms with Gasteiger partial charge in [0.25, 0.3) is 0 Å². The highest BCUT2D eigenvalue weighted by Gasteiger charge is 2.23. The summed E-state index contributed by atoms with van der Waals surface area (Å²) in [5.41, 5.74) is 3.22. The van der Waals surface area contributed by atoms with Gasteiger partial charge >= 0.3 is 0 Å². The van der Waals surface area contributed by atoms with Crippen LogP contribution in [0.15, 0.2) is 18.2 Å². The van der Waals surface area contributed by atoms with Gasteiger partial charge in [0.1, 0.15) is 0 Å². The smallest absolute Gasteiger partial charge is 0.238 e. The second-order valence-electron chi connectivity index (χ2n) is 6.46. The predicted molar refractivity (Wildman–Crippen MR) is 83.9 cm³/mol. The van der Waals surface area contributed by atoms with Crippen LogP contribution in [0.3, 0.4) is 0 Å². The van der Waals surface area contributed by atoms with Gasteiger partial charge in [0, 0.05) is 18.8 Å². The van der Waals surface area contributed by atoms with E-state index in [1.165, 1.54) is 6.42 Å². The molecule has 110 valence electrons. The number of carbonyl (C=O) groups is 1. The van der Waals surface area contributed by atoms with Crippen LogP contribution in [0.5, 0.6) is 0 Å². The highest BCUT2D eigenvalue weighted by atomic mass is 16.2. The van der Waals surface area contributed by atoms with Crippen LogP contribution >= 0.6 is 0 Å². The lowest BCUT2D eigenvalue weighted by Crippen LogP contribution is -2.42. The maximum absolute atomic E-state index is 12.2. The van der Waals surface area contributed by atoms with Gasteiger partial charge in [-0.25, -0.2) is 0 Å². The Bertz CT molecular complexity index is 454. The van der Waals surface area contributed by atoms with Crippen molar-refractivity contribution in [2.75, 3.05) is 25.0 Å². The monoisotopic (exact) mass is 274 g/mol. The number of hydrogen-bond acceptors (Lipinski definition) is 2. The molecular formula is C17H26N2O. The Balaban J connectivity index is 1.95. The van der Waals surface area contributed by atoms with Crippen molar-refractivity contribution in [3.05, 3.63) is 29.3 Å². The average molecular weight is 274 g/mol. The van der Waals surface area contributed by atoms with Crippen LogP contribution in [0.2, 0.25) is 0 Å². The third kappa shape index (κ3) is 3.83. The third-order valence-electron chi connectivity index (χ3n) is 4.06. The highest BCUT2D eigenvalue weighted by molar-refractivity contribution is 5.93. The zero-order chi connectivity index (χ0) is 14.7. The summed E-state index contributed by atoms with van der Waals surface area (Å²) in [7, 11) is 0. The van der Waals surface area contributed by atoms with E-state index in [2.05, 4.69) is 24.1 Å². The van der Waals surface area contributed by atoms with E-state index < -0.39 is 0 Å². The van der Waals surface area contributed by atoms with Crippen LogP contribution in [-0.4, -0.2) is 30.4 Å². The van der Waals surface area contributed by atoms with Crippen molar-refractivity contribution in [2.45, 2.75) is 34.1 Å². The molecule has 3 heteroatoms. The molecule has 0 aromatic heterocycles. The van der Waals surface area contributed by atoms with Crippen molar-refractivity contribution in [1.29, 1.82) is 0 Å². The summed E-state index contributed by atoms with van der Waals surface area (Å²) in [6.07, 6.45) is 1.27. The zero-order valence-corrected chi connectivity index (χ0v) is 13.1. The molecule has 0 bridgehead atoms. The molecular weight excluding hydrogens is 248 g/mol. The Hall–Kier alpha value is -1.35. The molecule has 1 heterocycles. The normalized spacial score (nSPS) is 23.6. The Morgan fingerprint density at radius 1 is 1.20 bits per heavy atom. The molecule has 0 radical (unpaired) electrons. The first-order valence-electron chi connectivity index (χ1n) is 7.54. The summed E-state index contributed by atoms with van der Waals surface area (Å²) in [6, 6.07) is 6.09. The molecule has 0 spiro atoms. The molecule has 1 fully saturated rings. The maximum Gasteiger partial charge on any atom is 0.238 e. The van der Waals surface area contributed by atoms with Crippen LogP contribution < -0.4 is 5.32 Å². The number of rotatable bonds is 3. The number of aryl methyl sites for hydroxylation is 2. The molecule has 1 saturated heterocycles. The lowest BCUT2D eigenvalue weighted by Gasteiger charge is -2.34. The molecule has 1 N–H and O–H groups in total. The number of hydrogen-bond donors (Lipinski definition) is 1. The number of nitrogens with one attached hydrogen (secondary N) is 1. The van der Waals surface area contributed by atoms with Gasteiger partial charge in [0.15, 0.2) is 0 Å². The Kier molecular flexibility index (Phi) is 4.81. The number of benzene rings is 1. The second-order valence-corrected chi connectivity index (χ2v) is 6.46. The van der Waals surface area contributed by atoms with Gasteiger partial charge < -0.3 is 5.32 Å². The van der Waals surface area contributed by atoms with E-state index in [9.17, 15) is 4.79 Å². The number of likely N-dealkylation sites (tertiary alicyclic amines) is 1. The van der Waals surface area contributed by atoms with Crippen LogP contribution in [0.4, 0.5) is 5.69 Å². The van der Waals surface area contributed by atoms with Crippen LogP contribution in [0.1, 0.15) is 31.4 Å². The van der Waals surface area contributed by atoms with Gasteiger partial charge in [-0.1, -0.05) is 32.0 Å². The molecule has 1 aromatic rings. The standard InChI is InChI=1S/C17H26N2O/c1-12-8-13(2)10-19(9-12)11-16(20)18-17-14(3)6-5-7-15(17)4/h5-7,12-13H,8-11H2,1-4H3,(H,18,20). The van der Waals surface area contributed by atoms with E-state index in [1.807, 2.05) is 32.0 Å². The molecule has 1 aliphatic heterocycles. The molecule has 1 aliphatic rings. The largest absolute Gasteiger partial charge is 0.324 e. The van der Waals surface area contributed by atoms with Gasteiger partial charge in [0.05, 0.1) is 6.54 Å². The topological polar surface area (TPSA) is 32.3 Å². The summed E-state index contributed by atoms with van der Waals surface area (Å²) in [6.45, 7) is 11.2. The van der Waals surface area contributed by atoms with Crippen LogP contribution in [0, 0.1) is 25.7 Å². The van der Waals surface area contributed by atoms with Crippen LogP contribution in [0.25, 0.3) is 0 Å². The minimum Gasteiger partial charge on any atom is -0.324 e. The first-order valence-corrected chi connectivity index (χ1v) is 7.54. The lowest BCUT2D eigenvalue weighted by molar-refractivity contribution is -0.117. The summed E-state index contributed by atoms with van der Waals surface area (Å²) >= 11 is 0. The van der Waals surface area contributed by atoms with Gasteiger partial charge in [-0.2, -0.15) is 0 Å². The number of piperidine rings is 1. The van der Waals surface area contributed by atoms with E-state index in [0.717, 1.165) is 29.9 Å². The summed E-state index contributed by atoms with van der Waals surface area (Å²) in [5, 5.41) is 3.07. The van der Waals surface area contributed by atoms with E-state index >= 15 is 0 Å². The third-order valence-corrected chi connectivity index (χ3v) is 4.06. The number of amides is 1. The highest BCUT2D eigenvalue weighted by Crippen LogP contribution is 2.22. The molecule has 1 aromatic carbocycles. The number of para-hydroxylation sites is 1. The lowest BCUT2D eigenvalue weighted by atomic mass is 9.92. The van der Waals surface area contributed by atoms with Crippen molar-refractivity contribution in [1.82, 2.24) is 4.90 Å². The molecule has 0 saturated carbocycles. The summed E-state index contributed by atoms with van der Waals surface area (Å²) in [5.74, 6) is 1.47. The predicted octanol–water partition coefficient (Wildman–Crippen LogP) is 3.22. The summed E-state index contributed by atoms with van der Waals surface area (Å²) < 4.78 is 0. The van der Waals surface area contributed by atoms with E-state index in [4.69, 9.17) is 0 Å². The fourth-order valence-electron chi connectivity index (χ4n) is 3.31. The minimum atomic E-state index is 0.101. The van der Waals surface area contributed by atoms with Gasteiger partial charge in [0.2, 0.25) is 5.91 Å². The number of carbonyl (C=O) groups excluding carboxylic acids is 1. The fourth-order valence-corrected chi connectivity index (χ4v) is 3.31. The molecule has 20 heavy (non-hydrogen) atoms. The fraction of sp³-hybridized carbons (Fsp3) is 0.588. The van der Waals surface area contributed by atoms with Crippen molar-refractivity contribution in [3.63, 3.8) is 0 Å². The van der Waals surface area contributed by atoms with E-state index in [-0.39, 0.29) is 5.91 Å². The molecule has 2 atom stereocenters. The quantitative estimate of drug-likeness (QED) is 0.918. The summed E-state index contributed by atoms with van der Waals surface area (Å²) in [4.78, 5) is 14.5. The van der Waals surface area contributed by atoms with Crippen LogP contribution in [-0.2, 0) is 4.79 Å². The average Bonchev–Trinajstić information content (AvgIpc) is 2.32. The molecule has 2 rings (SSSR count). The first-order chi connectivity index (χ1) is 9.45. The first kappa shape index (κ1) is 15.0. The Labute approximate surface area is 122 Å². The Morgan fingerprint density at radius 3 is 2.30 bits per heavy atom. The van der Waals surface area contributed by atoms with Crippen molar-refractivity contribution < 1.29 is 4.79 Å². The van der Waals surface area contributed by atoms with Gasteiger partial charge in [-0.3, -0.25) is 9.69 Å². The second kappa shape index (κ2) is 6.40. The molecule has 2 unspecified atom stereocenters. The molecule has 3 nitrogen and oxygen atoms in total. The molecule has 1 amide bonds. The van der Waals surface area contributed by atoms with Gasteiger partial charge in [-0.05, 0) is 43.2 Å². The van der Waals surface area contributed by atoms with Crippen molar-refractivity contribution in [3.8, 4) is 0 Å². The van der Waals surface area contributed by atoms with Crippen molar-refractivity contribution in [2.24, 2.45) is 11.8 Å². The number of anilines is 1. The minimum absolute atomic E-state index is 0.101. The van der Waals surface area contributed by atoms with Crippen molar-refractivity contribution >= 4 is 11.6 Å². The van der Waals surface area contributed by atoms with E-state index in [0.29, 0.717) is 18.4 Å². The van der Waals surface area contributed by atoms with Gasteiger partial charge in [-0.15, -0.1) is 0 Å². The number of nitrogens with zero attached hydrogens (tertiary/aromatic N) is 1. The van der Waals surface area contributed by atoms with E-state index in [1.54, 1.807) is 0 Å². The maximum atomic E-state index is 12.2. The molecule has 0 aliphatic carbocycles. The SMILES string of the molecule is Cc1cccc(C)c1NC(=O)CN1CC(C)CC(C)C1.